The fourth-order valence-corrected chi connectivity index (χ4v) is 4.97. The van der Waals surface area contributed by atoms with Gasteiger partial charge in [0.25, 0.3) is 0 Å². The van der Waals surface area contributed by atoms with E-state index in [2.05, 4.69) is 0 Å². The summed E-state index contributed by atoms with van der Waals surface area (Å²) >= 11 is 0. The molecule has 0 radical (unpaired) electrons. The van der Waals surface area contributed by atoms with E-state index < -0.39 is 33.8 Å². The number of rotatable bonds is 6. The Morgan fingerprint density at radius 2 is 1.69 bits per heavy atom. The largest absolute Gasteiger partial charge is 0.494 e. The van der Waals surface area contributed by atoms with Crippen LogP contribution >= 0.6 is 0 Å². The van der Waals surface area contributed by atoms with E-state index in [9.17, 15) is 13.2 Å². The Morgan fingerprint density at radius 1 is 1.11 bits per heavy atom. The molecule has 0 atom stereocenters. The molecule has 1 amide bonds. The smallest absolute Gasteiger partial charge is 0.492 e. The summed E-state index contributed by atoms with van der Waals surface area (Å²) in [7, 11) is -4.17. The first-order valence-electron chi connectivity index (χ1n) is 12.3. The van der Waals surface area contributed by atoms with Crippen molar-refractivity contribution in [2.45, 2.75) is 89.4 Å². The van der Waals surface area contributed by atoms with Crippen molar-refractivity contribution in [3.63, 3.8) is 0 Å². The zero-order chi connectivity index (χ0) is 26.2. The Morgan fingerprint density at radius 3 is 2.20 bits per heavy atom. The normalized spacial score (nSPS) is 20.7. The summed E-state index contributed by atoms with van der Waals surface area (Å²) in [5.41, 5.74) is -0.892. The second-order valence-corrected chi connectivity index (χ2v) is 13.6. The minimum Gasteiger partial charge on any atom is -0.492 e. The van der Waals surface area contributed by atoms with Crippen LogP contribution in [-0.4, -0.2) is 69.3 Å². The molecule has 8 nitrogen and oxygen atoms in total. The molecular weight excluding hydrogens is 469 g/mol. The van der Waals surface area contributed by atoms with Crippen molar-refractivity contribution in [2.75, 3.05) is 26.0 Å². The summed E-state index contributed by atoms with van der Waals surface area (Å²) in [6.07, 6.45) is 3.41. The van der Waals surface area contributed by atoms with Gasteiger partial charge in [0.15, 0.2) is 9.84 Å². The van der Waals surface area contributed by atoms with Gasteiger partial charge in [-0.15, -0.1) is 0 Å². The number of amides is 1. The summed E-state index contributed by atoms with van der Waals surface area (Å²) in [5, 5.41) is 0. The molecule has 2 heterocycles. The lowest BCUT2D eigenvalue weighted by atomic mass is 9.79. The Kier molecular flexibility index (Phi) is 7.90. The summed E-state index contributed by atoms with van der Waals surface area (Å²) in [6, 6.07) is 5.07. The number of benzene rings is 1. The Bertz CT molecular complexity index is 1010. The second-order valence-electron chi connectivity index (χ2n) is 11.6. The van der Waals surface area contributed by atoms with E-state index in [-0.39, 0.29) is 11.0 Å². The average Bonchev–Trinajstić information content (AvgIpc) is 2.93. The van der Waals surface area contributed by atoms with Gasteiger partial charge in [-0.05, 0) is 91.2 Å². The highest BCUT2D eigenvalue weighted by atomic mass is 32.2. The highest BCUT2D eigenvalue weighted by Crippen LogP contribution is 2.37. The van der Waals surface area contributed by atoms with E-state index in [4.69, 9.17) is 18.8 Å². The molecule has 35 heavy (non-hydrogen) atoms. The molecule has 0 bridgehead atoms. The van der Waals surface area contributed by atoms with Crippen LogP contribution in [0.15, 0.2) is 23.1 Å². The molecule has 0 aromatic heterocycles. The van der Waals surface area contributed by atoms with Crippen LogP contribution in [0.5, 0.6) is 5.75 Å². The van der Waals surface area contributed by atoms with Gasteiger partial charge in [-0.3, -0.25) is 0 Å². The van der Waals surface area contributed by atoms with Gasteiger partial charge in [0.05, 0.1) is 17.8 Å². The monoisotopic (exact) mass is 509 g/mol. The van der Waals surface area contributed by atoms with Crippen LogP contribution < -0.4 is 10.2 Å². The SMILES string of the molecule is CC(C)(C)OC(=O)N1CCC(CCOc2ccc(B3OC(C)(C)C(C)(C)O3)cc2S(C)(=O)=O)CC1. The zero-order valence-corrected chi connectivity index (χ0v) is 23.2. The lowest BCUT2D eigenvalue weighted by Gasteiger charge is -2.33. The molecule has 2 fully saturated rings. The van der Waals surface area contributed by atoms with Gasteiger partial charge in [-0.25, -0.2) is 13.2 Å². The van der Waals surface area contributed by atoms with E-state index in [1.54, 1.807) is 23.1 Å². The van der Waals surface area contributed by atoms with Crippen LogP contribution in [0.25, 0.3) is 0 Å². The number of carbonyl (C=O) groups excluding carboxylic acids is 1. The first-order chi connectivity index (χ1) is 16.0. The Labute approximate surface area is 210 Å². The van der Waals surface area contributed by atoms with E-state index in [0.717, 1.165) is 19.3 Å². The third kappa shape index (κ3) is 6.92. The van der Waals surface area contributed by atoms with Crippen LogP contribution in [0, 0.1) is 5.92 Å². The minimum absolute atomic E-state index is 0.129. The maximum Gasteiger partial charge on any atom is 0.494 e. The summed E-state index contributed by atoms with van der Waals surface area (Å²) in [4.78, 5) is 14.1. The number of hydrogen-bond donors (Lipinski definition) is 0. The van der Waals surface area contributed by atoms with Crippen molar-refractivity contribution in [1.29, 1.82) is 0 Å². The second kappa shape index (κ2) is 9.94. The van der Waals surface area contributed by atoms with Gasteiger partial charge in [0.2, 0.25) is 0 Å². The van der Waals surface area contributed by atoms with Gasteiger partial charge in [0.1, 0.15) is 16.2 Å². The van der Waals surface area contributed by atoms with Crippen molar-refractivity contribution in [2.24, 2.45) is 5.92 Å². The summed E-state index contributed by atoms with van der Waals surface area (Å²) < 4.78 is 48.6. The standard InChI is InChI=1S/C25H40BNO7S/c1-23(2,3)32-22(28)27-14-11-18(12-15-27)13-16-31-20-10-9-19(17-21(20)35(8,29)30)26-33-24(4,5)25(6,7)34-26/h9-10,17-18H,11-16H2,1-8H3. The molecule has 1 aromatic rings. The quantitative estimate of drug-likeness (QED) is 0.539. The molecule has 1 aromatic carbocycles. The molecule has 2 aliphatic heterocycles. The molecule has 10 heteroatoms. The number of ether oxygens (including phenoxy) is 2. The number of carbonyl (C=O) groups is 1. The van der Waals surface area contributed by atoms with Crippen LogP contribution in [0.1, 0.15) is 67.7 Å². The summed E-state index contributed by atoms with van der Waals surface area (Å²) in [5.74, 6) is 0.735. The highest BCUT2D eigenvalue weighted by molar-refractivity contribution is 7.90. The third-order valence-electron chi connectivity index (χ3n) is 6.94. The van der Waals surface area contributed by atoms with E-state index in [1.807, 2.05) is 48.5 Å². The minimum atomic E-state index is -3.52. The predicted molar refractivity (Wildman–Crippen MR) is 136 cm³/mol. The molecule has 196 valence electrons. The van der Waals surface area contributed by atoms with Gasteiger partial charge in [-0.2, -0.15) is 0 Å². The zero-order valence-electron chi connectivity index (χ0n) is 22.3. The van der Waals surface area contributed by atoms with Crippen molar-refractivity contribution in [3.8, 4) is 5.75 Å². The molecule has 2 saturated heterocycles. The van der Waals surface area contributed by atoms with Crippen molar-refractivity contribution < 1.29 is 32.0 Å². The molecule has 0 unspecified atom stereocenters. The first-order valence-corrected chi connectivity index (χ1v) is 14.2. The topological polar surface area (TPSA) is 91.4 Å². The van der Waals surface area contributed by atoms with Crippen molar-refractivity contribution >= 4 is 28.5 Å². The number of nitrogens with zero attached hydrogens (tertiary/aromatic N) is 1. The Balaban J connectivity index is 1.59. The van der Waals surface area contributed by atoms with Crippen LogP contribution in [-0.2, 0) is 23.9 Å². The van der Waals surface area contributed by atoms with Gasteiger partial charge in [0, 0.05) is 19.3 Å². The average molecular weight is 509 g/mol. The van der Waals surface area contributed by atoms with Crippen LogP contribution in [0.4, 0.5) is 4.79 Å². The van der Waals surface area contributed by atoms with Crippen LogP contribution in [0.2, 0.25) is 0 Å². The van der Waals surface area contributed by atoms with Crippen LogP contribution in [0.3, 0.4) is 0 Å². The fraction of sp³-hybridized carbons (Fsp3) is 0.720. The maximum absolute atomic E-state index is 12.5. The Hall–Kier alpha value is -1.78. The van der Waals surface area contributed by atoms with Gasteiger partial charge >= 0.3 is 13.2 Å². The molecule has 2 aliphatic rings. The molecule has 0 N–H and O–H groups in total. The number of piperidine rings is 1. The van der Waals surface area contributed by atoms with E-state index in [1.165, 1.54) is 6.26 Å². The first kappa shape index (κ1) is 27.8. The molecule has 3 rings (SSSR count). The maximum atomic E-state index is 12.5. The van der Waals surface area contributed by atoms with E-state index in [0.29, 0.717) is 36.8 Å². The predicted octanol–water partition coefficient (Wildman–Crippen LogP) is 3.81. The lowest BCUT2D eigenvalue weighted by molar-refractivity contribution is 0.00578. The number of hydrogen-bond acceptors (Lipinski definition) is 7. The third-order valence-corrected chi connectivity index (χ3v) is 8.06. The molecule has 0 aliphatic carbocycles. The highest BCUT2D eigenvalue weighted by Gasteiger charge is 2.51. The van der Waals surface area contributed by atoms with Gasteiger partial charge < -0.3 is 23.7 Å². The molecular formula is C25H40BNO7S. The van der Waals surface area contributed by atoms with Crippen molar-refractivity contribution in [3.05, 3.63) is 18.2 Å². The van der Waals surface area contributed by atoms with E-state index >= 15 is 0 Å². The lowest BCUT2D eigenvalue weighted by Crippen LogP contribution is -2.41. The fourth-order valence-electron chi connectivity index (χ4n) is 4.13. The number of likely N-dealkylation sites (tertiary alicyclic amines) is 1. The van der Waals surface area contributed by atoms with Crippen molar-refractivity contribution in [1.82, 2.24) is 4.90 Å². The number of sulfone groups is 1. The molecule has 0 saturated carbocycles. The van der Waals surface area contributed by atoms with Gasteiger partial charge in [-0.1, -0.05) is 6.07 Å². The molecule has 0 spiro atoms. The summed E-state index contributed by atoms with van der Waals surface area (Å²) in [6.45, 7) is 15.1.